The maximum absolute atomic E-state index is 12.7. The molecule has 0 radical (unpaired) electrons. The molecule has 0 atom stereocenters. The molecule has 2 aromatic rings. The summed E-state index contributed by atoms with van der Waals surface area (Å²) in [6.07, 6.45) is 0.882. The van der Waals surface area contributed by atoms with Gasteiger partial charge in [0.1, 0.15) is 6.54 Å². The van der Waals surface area contributed by atoms with Crippen molar-refractivity contribution < 1.29 is 9.59 Å². The lowest BCUT2D eigenvalue weighted by Crippen LogP contribution is -2.37. The summed E-state index contributed by atoms with van der Waals surface area (Å²) >= 11 is 13.6. The minimum atomic E-state index is -0.339. The number of likely N-dealkylation sites (N-methyl/N-ethyl adjacent to an activating group) is 1. The molecule has 0 saturated heterocycles. The van der Waals surface area contributed by atoms with Gasteiger partial charge in [0, 0.05) is 11.4 Å². The maximum atomic E-state index is 12.7. The van der Waals surface area contributed by atoms with E-state index in [-0.39, 0.29) is 18.4 Å². The number of anilines is 1. The first kappa shape index (κ1) is 19.8. The van der Waals surface area contributed by atoms with Gasteiger partial charge in [-0.1, -0.05) is 36.2 Å². The molecule has 0 aliphatic rings. The van der Waals surface area contributed by atoms with Crippen molar-refractivity contribution in [3.05, 3.63) is 49.6 Å². The number of amides is 2. The van der Waals surface area contributed by atoms with Crippen LogP contribution in [0.4, 0.5) is 5.69 Å². The number of halogens is 2. The molecule has 2 amide bonds. The summed E-state index contributed by atoms with van der Waals surface area (Å²) in [7, 11) is 0. The maximum Gasteiger partial charge on any atom is 0.264 e. The van der Waals surface area contributed by atoms with Crippen LogP contribution in [0, 0.1) is 6.92 Å². The van der Waals surface area contributed by atoms with Gasteiger partial charge in [-0.2, -0.15) is 0 Å². The van der Waals surface area contributed by atoms with E-state index in [4.69, 9.17) is 23.2 Å². The molecule has 1 N–H and O–H groups in total. The van der Waals surface area contributed by atoms with Gasteiger partial charge in [-0.25, -0.2) is 0 Å². The number of nitrogens with zero attached hydrogens (tertiary/aromatic N) is 1. The average Bonchev–Trinajstić information content (AvgIpc) is 2.96. The van der Waals surface area contributed by atoms with E-state index in [0.717, 1.165) is 16.9 Å². The second-order valence-corrected chi connectivity index (χ2v) is 7.58. The first-order chi connectivity index (χ1) is 11.9. The van der Waals surface area contributed by atoms with Gasteiger partial charge in [0.15, 0.2) is 0 Å². The fraction of sp³-hybridized carbons (Fsp3) is 0.333. The van der Waals surface area contributed by atoms with Crippen LogP contribution in [0.1, 0.15) is 34.0 Å². The summed E-state index contributed by atoms with van der Waals surface area (Å²) in [6, 6.07) is 6.90. The number of rotatable bonds is 6. The van der Waals surface area contributed by atoms with Crippen molar-refractivity contribution in [3.8, 4) is 0 Å². The van der Waals surface area contributed by atoms with Gasteiger partial charge in [0.2, 0.25) is 5.91 Å². The van der Waals surface area contributed by atoms with Crippen molar-refractivity contribution in [1.82, 2.24) is 4.90 Å². The Labute approximate surface area is 161 Å². The lowest BCUT2D eigenvalue weighted by Gasteiger charge is -2.20. The standard InChI is InChI=1S/C18H20Cl2N2O2S/c1-4-12-9-15(25-11(12)3)18(24)22(5-2)10-16(23)21-17-13(19)7-6-8-14(17)20/h6-9H,4-5,10H2,1-3H3,(H,21,23). The van der Waals surface area contributed by atoms with E-state index in [1.54, 1.807) is 18.2 Å². The Bertz CT molecular complexity index is 769. The van der Waals surface area contributed by atoms with Crippen LogP contribution in [0.25, 0.3) is 0 Å². The largest absolute Gasteiger partial charge is 0.329 e. The van der Waals surface area contributed by atoms with E-state index < -0.39 is 0 Å². The van der Waals surface area contributed by atoms with Crippen LogP contribution in [0.2, 0.25) is 10.0 Å². The molecule has 0 aliphatic carbocycles. The van der Waals surface area contributed by atoms with Crippen LogP contribution in [0.5, 0.6) is 0 Å². The molecule has 0 spiro atoms. The molecular formula is C18H20Cl2N2O2S. The number of thiophene rings is 1. The third kappa shape index (κ3) is 4.75. The highest BCUT2D eigenvalue weighted by molar-refractivity contribution is 7.14. The van der Waals surface area contributed by atoms with E-state index in [1.807, 2.05) is 19.9 Å². The van der Waals surface area contributed by atoms with Crippen molar-refractivity contribution in [2.75, 3.05) is 18.4 Å². The average molecular weight is 399 g/mol. The highest BCUT2D eigenvalue weighted by Gasteiger charge is 2.21. The van der Waals surface area contributed by atoms with Crippen LogP contribution in [0.3, 0.4) is 0 Å². The highest BCUT2D eigenvalue weighted by atomic mass is 35.5. The molecular weight excluding hydrogens is 379 g/mol. The Kier molecular flexibility index (Phi) is 6.87. The second-order valence-electron chi connectivity index (χ2n) is 5.51. The van der Waals surface area contributed by atoms with Gasteiger partial charge < -0.3 is 10.2 Å². The Morgan fingerprint density at radius 1 is 1.20 bits per heavy atom. The molecule has 134 valence electrons. The van der Waals surface area contributed by atoms with Gasteiger partial charge in [0.25, 0.3) is 5.91 Å². The lowest BCUT2D eigenvalue weighted by molar-refractivity contribution is -0.116. The van der Waals surface area contributed by atoms with E-state index in [2.05, 4.69) is 12.2 Å². The van der Waals surface area contributed by atoms with E-state index in [9.17, 15) is 9.59 Å². The predicted octanol–water partition coefficient (Wildman–Crippen LogP) is 5.03. The summed E-state index contributed by atoms with van der Waals surface area (Å²) in [5.41, 5.74) is 1.52. The van der Waals surface area contributed by atoms with Crippen LogP contribution in [0.15, 0.2) is 24.3 Å². The lowest BCUT2D eigenvalue weighted by atomic mass is 10.2. The number of aryl methyl sites for hydroxylation is 2. The topological polar surface area (TPSA) is 49.4 Å². The van der Waals surface area contributed by atoms with E-state index >= 15 is 0 Å². The zero-order valence-electron chi connectivity index (χ0n) is 14.4. The SMILES string of the molecule is CCc1cc(C(=O)N(CC)CC(=O)Nc2c(Cl)cccc2Cl)sc1C. The number of carbonyl (C=O) groups is 2. The summed E-state index contributed by atoms with van der Waals surface area (Å²) in [5, 5.41) is 3.40. The summed E-state index contributed by atoms with van der Waals surface area (Å²) < 4.78 is 0. The molecule has 2 rings (SSSR count). The molecule has 25 heavy (non-hydrogen) atoms. The molecule has 1 aromatic carbocycles. The van der Waals surface area contributed by atoms with Crippen molar-refractivity contribution in [2.45, 2.75) is 27.2 Å². The van der Waals surface area contributed by atoms with Crippen molar-refractivity contribution >= 4 is 52.0 Å². The van der Waals surface area contributed by atoms with Crippen LogP contribution in [-0.4, -0.2) is 29.8 Å². The Balaban J connectivity index is 2.10. The van der Waals surface area contributed by atoms with Gasteiger partial charge in [0.05, 0.1) is 20.6 Å². The molecule has 1 heterocycles. The number of para-hydroxylation sites is 1. The molecule has 1 aromatic heterocycles. The Morgan fingerprint density at radius 2 is 1.84 bits per heavy atom. The van der Waals surface area contributed by atoms with Gasteiger partial charge >= 0.3 is 0 Å². The van der Waals surface area contributed by atoms with Gasteiger partial charge in [-0.05, 0) is 44.0 Å². The predicted molar refractivity (Wildman–Crippen MR) is 105 cm³/mol. The molecule has 4 nitrogen and oxygen atoms in total. The smallest absolute Gasteiger partial charge is 0.264 e. The Hall–Kier alpha value is -1.56. The zero-order chi connectivity index (χ0) is 18.6. The number of nitrogens with one attached hydrogen (secondary N) is 1. The summed E-state index contributed by atoms with van der Waals surface area (Å²) in [5.74, 6) is -0.482. The fourth-order valence-electron chi connectivity index (χ4n) is 2.43. The molecule has 0 aliphatic heterocycles. The fourth-order valence-corrected chi connectivity index (χ4v) is 4.00. The van der Waals surface area contributed by atoms with Crippen molar-refractivity contribution in [2.24, 2.45) is 0 Å². The van der Waals surface area contributed by atoms with Crippen molar-refractivity contribution in [3.63, 3.8) is 0 Å². The molecule has 0 saturated carbocycles. The molecule has 0 unspecified atom stereocenters. The summed E-state index contributed by atoms with van der Waals surface area (Å²) in [6.45, 7) is 6.27. The molecule has 0 bridgehead atoms. The van der Waals surface area contributed by atoms with Gasteiger partial charge in [-0.15, -0.1) is 11.3 Å². The van der Waals surface area contributed by atoms with Crippen molar-refractivity contribution in [1.29, 1.82) is 0 Å². The third-order valence-electron chi connectivity index (χ3n) is 3.84. The summed E-state index contributed by atoms with van der Waals surface area (Å²) in [4.78, 5) is 28.3. The van der Waals surface area contributed by atoms with Gasteiger partial charge in [-0.3, -0.25) is 9.59 Å². The van der Waals surface area contributed by atoms with Crippen LogP contribution >= 0.6 is 34.5 Å². The number of hydrogen-bond donors (Lipinski definition) is 1. The first-order valence-electron chi connectivity index (χ1n) is 7.99. The quantitative estimate of drug-likeness (QED) is 0.741. The number of hydrogen-bond acceptors (Lipinski definition) is 3. The first-order valence-corrected chi connectivity index (χ1v) is 9.57. The van der Waals surface area contributed by atoms with Crippen LogP contribution < -0.4 is 5.32 Å². The minimum absolute atomic E-state index is 0.0602. The second kappa shape index (κ2) is 8.70. The normalized spacial score (nSPS) is 10.6. The molecule has 7 heteroatoms. The third-order valence-corrected chi connectivity index (χ3v) is 5.55. The number of carbonyl (C=O) groups excluding carboxylic acids is 2. The van der Waals surface area contributed by atoms with Crippen LogP contribution in [-0.2, 0) is 11.2 Å². The van der Waals surface area contributed by atoms with E-state index in [1.165, 1.54) is 16.2 Å². The zero-order valence-corrected chi connectivity index (χ0v) is 16.7. The monoisotopic (exact) mass is 398 g/mol. The highest BCUT2D eigenvalue weighted by Crippen LogP contribution is 2.29. The minimum Gasteiger partial charge on any atom is -0.329 e. The Morgan fingerprint density at radius 3 is 2.36 bits per heavy atom. The van der Waals surface area contributed by atoms with E-state index in [0.29, 0.717) is 27.2 Å². The number of benzene rings is 1. The molecule has 0 fully saturated rings.